The van der Waals surface area contributed by atoms with Gasteiger partial charge >= 0.3 is 0 Å². The molecule has 110 valence electrons. The third-order valence-corrected chi connectivity index (χ3v) is 3.14. The molecule has 0 aromatic heterocycles. The summed E-state index contributed by atoms with van der Waals surface area (Å²) in [5.74, 6) is 1.59. The summed E-state index contributed by atoms with van der Waals surface area (Å²) in [6.45, 7) is 11.1. The van der Waals surface area contributed by atoms with Crippen LogP contribution in [0.4, 0.5) is 0 Å². The summed E-state index contributed by atoms with van der Waals surface area (Å²) in [4.78, 5) is 0. The van der Waals surface area contributed by atoms with Crippen LogP contribution in [0.15, 0.2) is 24.3 Å². The highest BCUT2D eigenvalue weighted by molar-refractivity contribution is 5.35. The molecule has 1 N–H and O–H groups in total. The molecular weight excluding hydrogens is 234 g/mol. The Balaban J connectivity index is 0.000000399. The van der Waals surface area contributed by atoms with E-state index in [9.17, 15) is 0 Å². The molecule has 0 radical (unpaired) electrons. The molecule has 0 heterocycles. The van der Waals surface area contributed by atoms with Gasteiger partial charge in [0.2, 0.25) is 0 Å². The van der Waals surface area contributed by atoms with Crippen LogP contribution in [0.5, 0.6) is 5.75 Å². The van der Waals surface area contributed by atoms with Crippen molar-refractivity contribution in [2.24, 2.45) is 0 Å². The number of benzene rings is 1. The minimum atomic E-state index is 0.584. The third kappa shape index (κ3) is 7.89. The Hall–Kier alpha value is -1.02. The molecule has 0 spiro atoms. The first-order valence-corrected chi connectivity index (χ1v) is 7.54. The molecule has 19 heavy (non-hydrogen) atoms. The van der Waals surface area contributed by atoms with Gasteiger partial charge in [-0.15, -0.1) is 0 Å². The van der Waals surface area contributed by atoms with Crippen LogP contribution in [-0.4, -0.2) is 20.2 Å². The van der Waals surface area contributed by atoms with E-state index in [1.165, 1.54) is 31.5 Å². The zero-order valence-corrected chi connectivity index (χ0v) is 13.3. The Morgan fingerprint density at radius 2 is 1.63 bits per heavy atom. The second-order valence-electron chi connectivity index (χ2n) is 4.80. The Labute approximate surface area is 119 Å². The standard InChI is InChI=1S/C11H16O.C6H15N/c1-4-9(2)10-7-5-6-8-11(10)12-3;1-3-5-7-6-4-2/h5-9H,4H2,1-3H3;7H,3-6H2,1-2H3. The van der Waals surface area contributed by atoms with Crippen molar-refractivity contribution in [2.45, 2.75) is 52.9 Å². The smallest absolute Gasteiger partial charge is 0.122 e. The average molecular weight is 265 g/mol. The summed E-state index contributed by atoms with van der Waals surface area (Å²) in [5, 5.41) is 3.28. The molecule has 0 aliphatic rings. The van der Waals surface area contributed by atoms with Crippen molar-refractivity contribution in [1.82, 2.24) is 5.32 Å². The topological polar surface area (TPSA) is 21.3 Å². The van der Waals surface area contributed by atoms with Crippen molar-refractivity contribution in [3.8, 4) is 5.75 Å². The molecule has 0 saturated carbocycles. The molecule has 0 fully saturated rings. The summed E-state index contributed by atoms with van der Waals surface area (Å²) in [7, 11) is 1.72. The van der Waals surface area contributed by atoms with Gasteiger partial charge in [-0.2, -0.15) is 0 Å². The van der Waals surface area contributed by atoms with Gasteiger partial charge in [0.15, 0.2) is 0 Å². The molecule has 0 aliphatic heterocycles. The summed E-state index contributed by atoms with van der Waals surface area (Å²) in [6.07, 6.45) is 3.65. The van der Waals surface area contributed by atoms with Gasteiger partial charge in [0, 0.05) is 0 Å². The van der Waals surface area contributed by atoms with Crippen molar-refractivity contribution in [1.29, 1.82) is 0 Å². The maximum atomic E-state index is 5.27. The first-order valence-electron chi connectivity index (χ1n) is 7.54. The molecule has 1 aromatic rings. The first-order chi connectivity index (χ1) is 9.21. The molecule has 1 atom stereocenters. The molecule has 2 nitrogen and oxygen atoms in total. The average Bonchev–Trinajstić information content (AvgIpc) is 2.47. The summed E-state index contributed by atoms with van der Waals surface area (Å²) < 4.78 is 5.27. The number of ether oxygens (including phenoxy) is 1. The van der Waals surface area contributed by atoms with Crippen molar-refractivity contribution in [3.63, 3.8) is 0 Å². The minimum Gasteiger partial charge on any atom is -0.496 e. The fourth-order valence-electron chi connectivity index (χ4n) is 1.77. The Morgan fingerprint density at radius 3 is 2.11 bits per heavy atom. The van der Waals surface area contributed by atoms with Crippen molar-refractivity contribution >= 4 is 0 Å². The van der Waals surface area contributed by atoms with E-state index in [4.69, 9.17) is 4.74 Å². The number of methoxy groups -OCH3 is 1. The normalized spacial score (nSPS) is 11.4. The zero-order valence-electron chi connectivity index (χ0n) is 13.3. The van der Waals surface area contributed by atoms with Crippen LogP contribution in [0, 0.1) is 0 Å². The van der Waals surface area contributed by atoms with E-state index in [1.54, 1.807) is 7.11 Å². The first kappa shape index (κ1) is 18.0. The Kier molecular flexibility index (Phi) is 11.4. The highest BCUT2D eigenvalue weighted by atomic mass is 16.5. The number of hydrogen-bond acceptors (Lipinski definition) is 2. The van der Waals surface area contributed by atoms with Gasteiger partial charge in [-0.25, -0.2) is 0 Å². The predicted octanol–water partition coefficient (Wildman–Crippen LogP) is 4.60. The van der Waals surface area contributed by atoms with Gasteiger partial charge in [0.1, 0.15) is 5.75 Å². The van der Waals surface area contributed by atoms with E-state index in [0.29, 0.717) is 5.92 Å². The van der Waals surface area contributed by atoms with Gasteiger partial charge in [-0.1, -0.05) is 45.9 Å². The van der Waals surface area contributed by atoms with Crippen LogP contribution in [0.2, 0.25) is 0 Å². The van der Waals surface area contributed by atoms with E-state index in [-0.39, 0.29) is 0 Å². The quantitative estimate of drug-likeness (QED) is 0.727. The lowest BCUT2D eigenvalue weighted by atomic mass is 9.98. The van der Waals surface area contributed by atoms with Gasteiger partial charge < -0.3 is 10.1 Å². The maximum absolute atomic E-state index is 5.27. The summed E-state index contributed by atoms with van der Waals surface area (Å²) >= 11 is 0. The van der Waals surface area contributed by atoms with Crippen LogP contribution < -0.4 is 10.1 Å². The number of rotatable bonds is 7. The van der Waals surface area contributed by atoms with Gasteiger partial charge in [0.05, 0.1) is 7.11 Å². The van der Waals surface area contributed by atoms with Crippen molar-refractivity contribution in [2.75, 3.05) is 20.2 Å². The molecule has 0 saturated heterocycles. The predicted molar refractivity (Wildman–Crippen MR) is 85.2 cm³/mol. The van der Waals surface area contributed by atoms with Crippen LogP contribution in [-0.2, 0) is 0 Å². The van der Waals surface area contributed by atoms with E-state index in [1.807, 2.05) is 12.1 Å². The van der Waals surface area contributed by atoms with Crippen LogP contribution in [0.1, 0.15) is 58.4 Å². The Morgan fingerprint density at radius 1 is 1.05 bits per heavy atom. The molecule has 0 amide bonds. The van der Waals surface area contributed by atoms with Gasteiger partial charge in [-0.05, 0) is 49.9 Å². The van der Waals surface area contributed by atoms with Crippen molar-refractivity contribution < 1.29 is 4.74 Å². The molecule has 1 unspecified atom stereocenters. The third-order valence-electron chi connectivity index (χ3n) is 3.14. The Bertz CT molecular complexity index is 308. The molecular formula is C17H31NO. The van der Waals surface area contributed by atoms with E-state index in [0.717, 1.165) is 12.2 Å². The van der Waals surface area contributed by atoms with E-state index >= 15 is 0 Å². The monoisotopic (exact) mass is 265 g/mol. The van der Waals surface area contributed by atoms with Gasteiger partial charge in [-0.3, -0.25) is 0 Å². The number of para-hydroxylation sites is 1. The lowest BCUT2D eigenvalue weighted by molar-refractivity contribution is 0.406. The SMILES string of the molecule is CCC(C)c1ccccc1OC.CCCNCCC. The maximum Gasteiger partial charge on any atom is 0.122 e. The van der Waals surface area contributed by atoms with Crippen LogP contribution >= 0.6 is 0 Å². The molecule has 1 rings (SSSR count). The number of hydrogen-bond donors (Lipinski definition) is 1. The molecule has 1 aromatic carbocycles. The van der Waals surface area contributed by atoms with E-state index < -0.39 is 0 Å². The molecule has 0 bridgehead atoms. The summed E-state index contributed by atoms with van der Waals surface area (Å²) in [6, 6.07) is 8.21. The van der Waals surface area contributed by atoms with Crippen molar-refractivity contribution in [3.05, 3.63) is 29.8 Å². The molecule has 0 aliphatic carbocycles. The molecule has 2 heteroatoms. The van der Waals surface area contributed by atoms with Crippen LogP contribution in [0.25, 0.3) is 0 Å². The number of nitrogens with one attached hydrogen (secondary N) is 1. The lowest BCUT2D eigenvalue weighted by Gasteiger charge is -2.12. The highest BCUT2D eigenvalue weighted by Crippen LogP contribution is 2.27. The van der Waals surface area contributed by atoms with Crippen LogP contribution in [0.3, 0.4) is 0 Å². The van der Waals surface area contributed by atoms with Gasteiger partial charge in [0.25, 0.3) is 0 Å². The zero-order chi connectivity index (χ0) is 14.5. The fraction of sp³-hybridized carbons (Fsp3) is 0.647. The minimum absolute atomic E-state index is 0.584. The lowest BCUT2D eigenvalue weighted by Crippen LogP contribution is -2.14. The summed E-state index contributed by atoms with van der Waals surface area (Å²) in [5.41, 5.74) is 1.31. The highest BCUT2D eigenvalue weighted by Gasteiger charge is 2.07. The second-order valence-corrected chi connectivity index (χ2v) is 4.80. The fourth-order valence-corrected chi connectivity index (χ4v) is 1.77. The largest absolute Gasteiger partial charge is 0.496 e. The van der Waals surface area contributed by atoms with E-state index in [2.05, 4.69) is 45.1 Å². The second kappa shape index (κ2) is 12.0.